The molecule has 0 fully saturated rings. The van der Waals surface area contributed by atoms with Crippen molar-refractivity contribution in [1.29, 1.82) is 0 Å². The molecule has 352 valence electrons. The molecule has 0 aliphatic carbocycles. The Kier molecular flexibility index (Phi) is 45.8. The van der Waals surface area contributed by atoms with Crippen LogP contribution in [0.4, 0.5) is 0 Å². The lowest BCUT2D eigenvalue weighted by Crippen LogP contribution is -2.29. The first-order valence-corrected chi connectivity index (χ1v) is 27.3. The predicted octanol–water partition coefficient (Wildman–Crippen LogP) is 16.6. The fraction of sp³-hybridized carbons (Fsp3) is 0.960. The zero-order valence-corrected chi connectivity index (χ0v) is 40.3. The van der Waals surface area contributed by atoms with Crippen LogP contribution in [-0.4, -0.2) is 42.8 Å². The first kappa shape index (κ1) is 58.0. The monoisotopic (exact) mass is 859 g/mol. The Morgan fingerprint density at radius 3 is 0.949 bits per heavy atom. The van der Waals surface area contributed by atoms with Crippen molar-refractivity contribution in [2.45, 2.75) is 290 Å². The van der Waals surface area contributed by atoms with E-state index in [1.807, 2.05) is 0 Å². The van der Waals surface area contributed by atoms with Gasteiger partial charge in [0.2, 0.25) is 0 Å². The van der Waals surface area contributed by atoms with Gasteiger partial charge in [-0.3, -0.25) is 18.6 Å². The molecule has 1 N–H and O–H groups in total. The highest BCUT2D eigenvalue weighted by atomic mass is 31.2. The van der Waals surface area contributed by atoms with Gasteiger partial charge in [-0.15, -0.1) is 0 Å². The zero-order valence-electron chi connectivity index (χ0n) is 39.4. The summed E-state index contributed by atoms with van der Waals surface area (Å²) in [6, 6.07) is 0. The third kappa shape index (κ3) is 46.4. The lowest BCUT2D eigenvalue weighted by Gasteiger charge is -2.19. The van der Waals surface area contributed by atoms with Crippen LogP contribution in [0.15, 0.2) is 0 Å². The number of esters is 2. The Morgan fingerprint density at radius 2 is 0.661 bits per heavy atom. The highest BCUT2D eigenvalue weighted by molar-refractivity contribution is 7.47. The third-order valence-corrected chi connectivity index (χ3v) is 12.7. The van der Waals surface area contributed by atoms with E-state index in [2.05, 4.69) is 13.8 Å². The molecule has 8 nitrogen and oxygen atoms in total. The Labute approximate surface area is 366 Å². The van der Waals surface area contributed by atoms with Crippen LogP contribution in [0, 0.1) is 0 Å². The second-order valence-corrected chi connectivity index (χ2v) is 19.0. The van der Waals surface area contributed by atoms with Gasteiger partial charge in [-0.25, -0.2) is 4.57 Å². The molecule has 0 heterocycles. The van der Waals surface area contributed by atoms with E-state index in [-0.39, 0.29) is 32.2 Å². The lowest BCUT2D eigenvalue weighted by atomic mass is 10.0. The van der Waals surface area contributed by atoms with Crippen LogP contribution < -0.4 is 0 Å². The summed E-state index contributed by atoms with van der Waals surface area (Å²) in [6.45, 7) is 5.55. The van der Waals surface area contributed by atoms with Gasteiger partial charge >= 0.3 is 19.8 Å². The number of hydrogen-bond donors (Lipinski definition) is 1. The van der Waals surface area contributed by atoms with Crippen LogP contribution in [0.5, 0.6) is 0 Å². The maximum Gasteiger partial charge on any atom is 0.472 e. The van der Waals surface area contributed by atoms with Gasteiger partial charge in [0.25, 0.3) is 0 Å². The molecule has 0 rings (SSSR count). The minimum Gasteiger partial charge on any atom is -0.462 e. The summed E-state index contributed by atoms with van der Waals surface area (Å²) in [5.41, 5.74) is 0. The highest BCUT2D eigenvalue weighted by Crippen LogP contribution is 2.43. The predicted molar refractivity (Wildman–Crippen MR) is 249 cm³/mol. The quantitative estimate of drug-likeness (QED) is 0.0366. The van der Waals surface area contributed by atoms with Crippen molar-refractivity contribution in [2.24, 2.45) is 0 Å². The summed E-state index contributed by atoms with van der Waals surface area (Å²) in [4.78, 5) is 34.9. The topological polar surface area (TPSA) is 108 Å². The first-order chi connectivity index (χ1) is 28.8. The number of carbonyl (C=O) groups is 2. The van der Waals surface area contributed by atoms with E-state index in [9.17, 15) is 19.0 Å². The molecular weight excluding hydrogens is 760 g/mol. The molecule has 0 aliphatic rings. The highest BCUT2D eigenvalue weighted by Gasteiger charge is 2.25. The van der Waals surface area contributed by atoms with Crippen molar-refractivity contribution >= 4 is 19.8 Å². The van der Waals surface area contributed by atoms with Crippen molar-refractivity contribution in [3.63, 3.8) is 0 Å². The average molecular weight is 859 g/mol. The summed E-state index contributed by atoms with van der Waals surface area (Å²) in [5, 5.41) is 0. The number of phosphoric ester groups is 1. The van der Waals surface area contributed by atoms with E-state index in [0.717, 1.165) is 38.5 Å². The molecule has 0 amide bonds. The minimum absolute atomic E-state index is 0.00602. The summed E-state index contributed by atoms with van der Waals surface area (Å²) >= 11 is 0. The van der Waals surface area contributed by atoms with Crippen molar-refractivity contribution in [2.75, 3.05) is 19.8 Å². The Balaban J connectivity index is 3.90. The smallest absolute Gasteiger partial charge is 0.462 e. The molecule has 0 radical (unpaired) electrons. The lowest BCUT2D eigenvalue weighted by molar-refractivity contribution is -0.161. The van der Waals surface area contributed by atoms with Gasteiger partial charge in [0.15, 0.2) is 6.10 Å². The molecule has 0 bridgehead atoms. The van der Waals surface area contributed by atoms with Gasteiger partial charge in [-0.05, 0) is 19.8 Å². The standard InChI is InChI=1S/C50H99O8P/c1-4-7-9-11-13-15-17-19-21-23-24-25-26-27-28-29-31-33-35-37-39-41-43-45-50(52)58-48(47-57-59(53,54)56-6-3)46-55-49(51)44-42-40-38-36-34-32-30-22-20-18-16-14-12-10-8-5-2/h48H,4-47H2,1-3H3,(H,53,54). The zero-order chi connectivity index (χ0) is 43.2. The second kappa shape index (κ2) is 46.6. The number of phosphoric acid groups is 1. The molecule has 59 heavy (non-hydrogen) atoms. The Morgan fingerprint density at radius 1 is 0.390 bits per heavy atom. The maximum atomic E-state index is 12.6. The first-order valence-electron chi connectivity index (χ1n) is 25.8. The molecule has 2 atom stereocenters. The van der Waals surface area contributed by atoms with Crippen LogP contribution >= 0.6 is 7.82 Å². The van der Waals surface area contributed by atoms with Crippen LogP contribution in [0.25, 0.3) is 0 Å². The molecule has 2 unspecified atom stereocenters. The summed E-state index contributed by atoms with van der Waals surface area (Å²) in [7, 11) is -4.28. The summed E-state index contributed by atoms with van der Waals surface area (Å²) in [6.07, 6.45) is 50.3. The molecular formula is C50H99O8P. The van der Waals surface area contributed by atoms with Gasteiger partial charge in [0.1, 0.15) is 6.61 Å². The van der Waals surface area contributed by atoms with Gasteiger partial charge in [-0.2, -0.15) is 0 Å². The Bertz CT molecular complexity index is 931. The van der Waals surface area contributed by atoms with E-state index in [1.165, 1.54) is 212 Å². The number of ether oxygens (including phenoxy) is 2. The van der Waals surface area contributed by atoms with Crippen LogP contribution in [-0.2, 0) is 32.7 Å². The van der Waals surface area contributed by atoms with Gasteiger partial charge in [-0.1, -0.05) is 251 Å². The number of unbranched alkanes of at least 4 members (excludes halogenated alkanes) is 37. The molecule has 0 saturated heterocycles. The van der Waals surface area contributed by atoms with E-state index in [0.29, 0.717) is 6.42 Å². The van der Waals surface area contributed by atoms with Crippen LogP contribution in [0.1, 0.15) is 284 Å². The molecule has 0 spiro atoms. The fourth-order valence-corrected chi connectivity index (χ4v) is 8.62. The van der Waals surface area contributed by atoms with E-state index in [1.54, 1.807) is 6.92 Å². The van der Waals surface area contributed by atoms with E-state index >= 15 is 0 Å². The van der Waals surface area contributed by atoms with Crippen LogP contribution in [0.3, 0.4) is 0 Å². The molecule has 0 aromatic heterocycles. The summed E-state index contributed by atoms with van der Waals surface area (Å²) in [5.74, 6) is -0.775. The summed E-state index contributed by atoms with van der Waals surface area (Å²) < 4.78 is 32.8. The average Bonchev–Trinajstić information content (AvgIpc) is 3.22. The van der Waals surface area contributed by atoms with Gasteiger partial charge in [0, 0.05) is 12.8 Å². The largest absolute Gasteiger partial charge is 0.472 e. The Hall–Kier alpha value is -0.950. The SMILES string of the molecule is CCCCCCCCCCCCCCCCCCCCCCCCCC(=O)OC(COC(=O)CCCCCCCCCCCCCCCCCC)COP(=O)(O)OCC. The molecule has 9 heteroatoms. The van der Waals surface area contributed by atoms with Gasteiger partial charge in [0.05, 0.1) is 13.2 Å². The molecule has 0 aromatic carbocycles. The minimum atomic E-state index is -4.28. The molecule has 0 saturated carbocycles. The van der Waals surface area contributed by atoms with Gasteiger partial charge < -0.3 is 14.4 Å². The van der Waals surface area contributed by atoms with E-state index < -0.39 is 19.9 Å². The normalized spacial score (nSPS) is 13.1. The maximum absolute atomic E-state index is 12.6. The van der Waals surface area contributed by atoms with Crippen molar-refractivity contribution in [1.82, 2.24) is 0 Å². The number of hydrogen-bond acceptors (Lipinski definition) is 7. The molecule has 0 aliphatic heterocycles. The fourth-order valence-electron chi connectivity index (χ4n) is 7.87. The van der Waals surface area contributed by atoms with Crippen molar-refractivity contribution in [3.8, 4) is 0 Å². The molecule has 0 aromatic rings. The third-order valence-electron chi connectivity index (χ3n) is 11.7. The number of rotatable bonds is 49. The van der Waals surface area contributed by atoms with Crippen molar-refractivity contribution < 1.29 is 37.6 Å². The van der Waals surface area contributed by atoms with E-state index in [4.69, 9.17) is 18.5 Å². The second-order valence-electron chi connectivity index (χ2n) is 17.6. The van der Waals surface area contributed by atoms with Crippen LogP contribution in [0.2, 0.25) is 0 Å². The van der Waals surface area contributed by atoms with Crippen molar-refractivity contribution in [3.05, 3.63) is 0 Å². The number of carbonyl (C=O) groups excluding carboxylic acids is 2.